The molecule has 3 rings (SSSR count). The Morgan fingerprint density at radius 3 is 2.67 bits per heavy atom. The van der Waals surface area contributed by atoms with Crippen molar-refractivity contribution >= 4 is 28.9 Å². The van der Waals surface area contributed by atoms with Gasteiger partial charge in [0.25, 0.3) is 0 Å². The number of benzene rings is 2. The van der Waals surface area contributed by atoms with Gasteiger partial charge in [-0.05, 0) is 36.4 Å². The van der Waals surface area contributed by atoms with Gasteiger partial charge in [-0.1, -0.05) is 17.7 Å². The minimum atomic E-state index is -0.711. The summed E-state index contributed by atoms with van der Waals surface area (Å²) in [5.74, 6) is -1.34. The Bertz CT molecular complexity index is 760. The van der Waals surface area contributed by atoms with Crippen molar-refractivity contribution in [3.8, 4) is 0 Å². The van der Waals surface area contributed by atoms with Crippen molar-refractivity contribution in [2.24, 2.45) is 0 Å². The van der Waals surface area contributed by atoms with E-state index >= 15 is 0 Å². The van der Waals surface area contributed by atoms with Crippen molar-refractivity contribution in [1.29, 1.82) is 0 Å². The van der Waals surface area contributed by atoms with E-state index in [1.165, 1.54) is 30.3 Å². The zero-order valence-electron chi connectivity index (χ0n) is 12.2. The van der Waals surface area contributed by atoms with Gasteiger partial charge < -0.3 is 10.6 Å². The predicted molar refractivity (Wildman–Crippen MR) is 87.0 cm³/mol. The molecule has 2 aromatic carbocycles. The van der Waals surface area contributed by atoms with E-state index < -0.39 is 18.0 Å². The Kier molecular flexibility index (Phi) is 4.91. The number of hydrogen-bond acceptors (Lipinski definition) is 5. The van der Waals surface area contributed by atoms with E-state index in [0.29, 0.717) is 11.4 Å². The quantitative estimate of drug-likeness (QED) is 0.581. The van der Waals surface area contributed by atoms with E-state index in [2.05, 4.69) is 27.0 Å². The highest BCUT2D eigenvalue weighted by atomic mass is 35.5. The van der Waals surface area contributed by atoms with Crippen LogP contribution < -0.4 is 27.0 Å². The number of carbonyl (C=O) groups excluding carboxylic acids is 1. The maximum atomic E-state index is 13.2. The molecule has 6 nitrogen and oxygen atoms in total. The maximum absolute atomic E-state index is 13.2. The molecule has 1 saturated heterocycles. The number of anilines is 2. The van der Waals surface area contributed by atoms with E-state index in [1.54, 1.807) is 12.1 Å². The van der Waals surface area contributed by atoms with Gasteiger partial charge in [0.15, 0.2) is 0 Å². The summed E-state index contributed by atoms with van der Waals surface area (Å²) in [5.41, 5.74) is 9.09. The van der Waals surface area contributed by atoms with Crippen molar-refractivity contribution in [2.75, 3.05) is 10.6 Å². The zero-order chi connectivity index (χ0) is 17.1. The van der Waals surface area contributed by atoms with Crippen LogP contribution in [0.4, 0.5) is 20.2 Å². The highest BCUT2D eigenvalue weighted by molar-refractivity contribution is 6.31. The molecule has 1 aliphatic heterocycles. The van der Waals surface area contributed by atoms with Gasteiger partial charge in [-0.2, -0.15) is 5.53 Å². The van der Waals surface area contributed by atoms with Crippen LogP contribution in [0.25, 0.3) is 0 Å². The van der Waals surface area contributed by atoms with Gasteiger partial charge in [0.05, 0.1) is 5.02 Å². The summed E-state index contributed by atoms with van der Waals surface area (Å²) < 4.78 is 26.4. The van der Waals surface area contributed by atoms with Gasteiger partial charge in [0.1, 0.15) is 23.8 Å². The van der Waals surface area contributed by atoms with Gasteiger partial charge >= 0.3 is 0 Å². The molecule has 2 aromatic rings. The molecule has 1 heterocycles. The third-order valence-electron chi connectivity index (χ3n) is 3.41. The smallest absolute Gasteiger partial charge is 0.246 e. The fourth-order valence-corrected chi connectivity index (χ4v) is 2.43. The van der Waals surface area contributed by atoms with Crippen LogP contribution in [-0.2, 0) is 4.79 Å². The summed E-state index contributed by atoms with van der Waals surface area (Å²) in [7, 11) is 0. The van der Waals surface area contributed by atoms with Gasteiger partial charge in [-0.25, -0.2) is 19.6 Å². The lowest BCUT2D eigenvalue weighted by Gasteiger charge is -2.20. The van der Waals surface area contributed by atoms with Crippen LogP contribution in [0.2, 0.25) is 5.02 Å². The molecule has 1 aliphatic rings. The van der Waals surface area contributed by atoms with Gasteiger partial charge in [-0.3, -0.25) is 4.79 Å². The Morgan fingerprint density at radius 2 is 1.92 bits per heavy atom. The maximum Gasteiger partial charge on any atom is 0.246 e. The van der Waals surface area contributed by atoms with Crippen LogP contribution in [0.5, 0.6) is 0 Å². The number of hydrazine groups is 2. The molecule has 1 amide bonds. The minimum absolute atomic E-state index is 0.0853. The Labute approximate surface area is 141 Å². The van der Waals surface area contributed by atoms with Crippen LogP contribution in [-0.4, -0.2) is 18.1 Å². The molecule has 2 unspecified atom stereocenters. The van der Waals surface area contributed by atoms with Crippen LogP contribution in [0, 0.1) is 11.6 Å². The molecule has 2 atom stereocenters. The number of amides is 1. The van der Waals surface area contributed by atoms with Crippen molar-refractivity contribution in [3.63, 3.8) is 0 Å². The molecule has 0 aliphatic carbocycles. The molecule has 9 heteroatoms. The second-order valence-corrected chi connectivity index (χ2v) is 5.55. The lowest BCUT2D eigenvalue weighted by Crippen LogP contribution is -2.47. The lowest BCUT2D eigenvalue weighted by molar-refractivity contribution is -0.118. The van der Waals surface area contributed by atoms with Crippen LogP contribution in [0.3, 0.4) is 0 Å². The molecule has 0 radical (unpaired) electrons. The molecular formula is C15H14ClF2N5O. The predicted octanol–water partition coefficient (Wildman–Crippen LogP) is 1.98. The fourth-order valence-electron chi connectivity index (χ4n) is 2.25. The van der Waals surface area contributed by atoms with Gasteiger partial charge in [0.2, 0.25) is 5.91 Å². The highest BCUT2D eigenvalue weighted by Crippen LogP contribution is 2.20. The van der Waals surface area contributed by atoms with Crippen LogP contribution >= 0.6 is 11.6 Å². The highest BCUT2D eigenvalue weighted by Gasteiger charge is 2.32. The first-order valence-corrected chi connectivity index (χ1v) is 7.45. The number of nitrogens with one attached hydrogen (secondary N) is 5. The van der Waals surface area contributed by atoms with Crippen molar-refractivity contribution in [2.45, 2.75) is 12.2 Å². The summed E-state index contributed by atoms with van der Waals surface area (Å²) in [6, 6.07) is 9.06. The fraction of sp³-hybridized carbons (Fsp3) is 0.133. The summed E-state index contributed by atoms with van der Waals surface area (Å²) >= 11 is 5.69. The second-order valence-electron chi connectivity index (χ2n) is 5.14. The molecule has 0 bridgehead atoms. The normalized spacial score (nSPS) is 20.0. The van der Waals surface area contributed by atoms with Crippen LogP contribution in [0.15, 0.2) is 42.5 Å². The molecular weight excluding hydrogens is 340 g/mol. The molecule has 126 valence electrons. The van der Waals surface area contributed by atoms with E-state index in [9.17, 15) is 13.6 Å². The Morgan fingerprint density at radius 1 is 1.08 bits per heavy atom. The van der Waals surface area contributed by atoms with E-state index in [1.807, 2.05) is 0 Å². The van der Waals surface area contributed by atoms with E-state index in [0.717, 1.165) is 0 Å². The lowest BCUT2D eigenvalue weighted by atomic mass is 10.2. The summed E-state index contributed by atoms with van der Waals surface area (Å²) in [4.78, 5) is 12.4. The standard InChI is InChI=1S/C15H14ClF2N5O/c16-11-7-10(4-5-12(11)18)20-15(24)13-14(22-23-21-13)19-9-3-1-2-8(17)6-9/h1-7,13-14,19,21-23H,(H,20,24). The number of halogens is 3. The Balaban J connectivity index is 1.68. The summed E-state index contributed by atoms with van der Waals surface area (Å²) in [5, 5.41) is 5.54. The van der Waals surface area contributed by atoms with Gasteiger partial charge in [0, 0.05) is 11.4 Å². The molecule has 0 aromatic heterocycles. The van der Waals surface area contributed by atoms with Crippen LogP contribution in [0.1, 0.15) is 0 Å². The third-order valence-corrected chi connectivity index (χ3v) is 3.69. The van der Waals surface area contributed by atoms with Crippen molar-refractivity contribution in [3.05, 3.63) is 59.1 Å². The molecule has 0 saturated carbocycles. The first-order chi connectivity index (χ1) is 11.5. The second kappa shape index (κ2) is 7.10. The van der Waals surface area contributed by atoms with E-state index in [-0.39, 0.29) is 16.7 Å². The number of hydrogen-bond donors (Lipinski definition) is 5. The van der Waals surface area contributed by atoms with Gasteiger partial charge in [-0.15, -0.1) is 0 Å². The average Bonchev–Trinajstić information content (AvgIpc) is 2.99. The molecule has 1 fully saturated rings. The zero-order valence-corrected chi connectivity index (χ0v) is 13.0. The number of carbonyl (C=O) groups is 1. The Hall–Kier alpha value is -2.26. The summed E-state index contributed by atoms with van der Waals surface area (Å²) in [6.45, 7) is 0. The first kappa shape index (κ1) is 16.6. The minimum Gasteiger partial charge on any atom is -0.367 e. The first-order valence-electron chi connectivity index (χ1n) is 7.07. The summed E-state index contributed by atoms with van der Waals surface area (Å²) in [6.07, 6.45) is -0.539. The molecule has 0 spiro atoms. The largest absolute Gasteiger partial charge is 0.367 e. The third kappa shape index (κ3) is 3.80. The molecule has 5 N–H and O–H groups in total. The number of rotatable bonds is 4. The van der Waals surface area contributed by atoms with Crippen molar-refractivity contribution in [1.82, 2.24) is 16.4 Å². The average molecular weight is 354 g/mol. The monoisotopic (exact) mass is 353 g/mol. The topological polar surface area (TPSA) is 77.2 Å². The van der Waals surface area contributed by atoms with E-state index in [4.69, 9.17) is 11.6 Å². The SMILES string of the molecule is O=C(Nc1ccc(F)c(Cl)c1)C1NNNC1Nc1cccc(F)c1. The van der Waals surface area contributed by atoms with Crippen molar-refractivity contribution < 1.29 is 13.6 Å². The molecule has 24 heavy (non-hydrogen) atoms.